The fourth-order valence-corrected chi connectivity index (χ4v) is 2.04. The summed E-state index contributed by atoms with van der Waals surface area (Å²) in [7, 11) is 0. The maximum atomic E-state index is 11.6. The second-order valence-electron chi connectivity index (χ2n) is 4.99. The van der Waals surface area contributed by atoms with Crippen LogP contribution in [0.5, 0.6) is 0 Å². The van der Waals surface area contributed by atoms with Gasteiger partial charge in [0.2, 0.25) is 5.91 Å². The van der Waals surface area contributed by atoms with Gasteiger partial charge in [-0.15, -0.1) is 0 Å². The summed E-state index contributed by atoms with van der Waals surface area (Å²) < 4.78 is 0. The molecular weight excluding hydrogens is 218 g/mol. The minimum Gasteiger partial charge on any atom is -0.336 e. The van der Waals surface area contributed by atoms with Crippen LogP contribution in [0, 0.1) is 0 Å². The number of rotatable bonds is 3. The van der Waals surface area contributed by atoms with E-state index in [2.05, 4.69) is 22.5 Å². The molecule has 1 aliphatic rings. The molecule has 1 aliphatic heterocycles. The topological polar surface area (TPSA) is 61.4 Å². The van der Waals surface area contributed by atoms with Crippen LogP contribution in [0.15, 0.2) is 0 Å². The maximum Gasteiger partial charge on any atom is 0.321 e. The lowest BCUT2D eigenvalue weighted by Crippen LogP contribution is -2.48. The van der Waals surface area contributed by atoms with Crippen molar-refractivity contribution in [2.45, 2.75) is 52.1 Å². The zero-order valence-corrected chi connectivity index (χ0v) is 11.0. The van der Waals surface area contributed by atoms with Crippen LogP contribution in [0.25, 0.3) is 0 Å². The summed E-state index contributed by atoms with van der Waals surface area (Å²) in [4.78, 5) is 25.1. The van der Waals surface area contributed by atoms with Crippen LogP contribution in [0.1, 0.15) is 40.0 Å². The zero-order valence-electron chi connectivity index (χ0n) is 11.0. The number of nitrogens with zero attached hydrogens (tertiary/aromatic N) is 1. The number of amides is 3. The lowest BCUT2D eigenvalue weighted by atomic mass is 10.0. The third-order valence-corrected chi connectivity index (χ3v) is 2.96. The van der Waals surface area contributed by atoms with Crippen LogP contribution in [0.3, 0.4) is 0 Å². The summed E-state index contributed by atoms with van der Waals surface area (Å²) in [5, 5.41) is 4.98. The molecule has 0 aromatic heterocycles. The van der Waals surface area contributed by atoms with Gasteiger partial charge in [0, 0.05) is 12.1 Å². The quantitative estimate of drug-likeness (QED) is 0.777. The first-order chi connectivity index (χ1) is 7.99. The Hall–Kier alpha value is -1.10. The van der Waals surface area contributed by atoms with Crippen molar-refractivity contribution in [2.24, 2.45) is 0 Å². The Balaban J connectivity index is 2.30. The van der Waals surface area contributed by atoms with Crippen LogP contribution in [0.4, 0.5) is 4.79 Å². The number of urea groups is 1. The molecule has 1 saturated heterocycles. The number of carbonyl (C=O) groups is 2. The minimum atomic E-state index is -0.408. The average Bonchev–Trinajstić information content (AvgIpc) is 2.19. The fourth-order valence-electron chi connectivity index (χ4n) is 2.04. The van der Waals surface area contributed by atoms with E-state index >= 15 is 0 Å². The van der Waals surface area contributed by atoms with Crippen molar-refractivity contribution < 1.29 is 9.59 Å². The summed E-state index contributed by atoms with van der Waals surface area (Å²) in [5.41, 5.74) is 0. The van der Waals surface area contributed by atoms with E-state index in [-0.39, 0.29) is 11.9 Å². The van der Waals surface area contributed by atoms with E-state index in [4.69, 9.17) is 0 Å². The van der Waals surface area contributed by atoms with Gasteiger partial charge in [-0.05, 0) is 40.2 Å². The molecule has 5 nitrogen and oxygen atoms in total. The van der Waals surface area contributed by atoms with Crippen LogP contribution in [0.2, 0.25) is 0 Å². The van der Waals surface area contributed by atoms with Crippen LogP contribution < -0.4 is 10.6 Å². The first-order valence-electron chi connectivity index (χ1n) is 6.33. The first kappa shape index (κ1) is 14.0. The van der Waals surface area contributed by atoms with Crippen molar-refractivity contribution in [1.82, 2.24) is 15.5 Å². The van der Waals surface area contributed by atoms with Gasteiger partial charge in [-0.3, -0.25) is 15.0 Å². The summed E-state index contributed by atoms with van der Waals surface area (Å²) >= 11 is 0. The van der Waals surface area contributed by atoms with Crippen molar-refractivity contribution in [3.8, 4) is 0 Å². The molecule has 0 radical (unpaired) electrons. The van der Waals surface area contributed by atoms with Crippen molar-refractivity contribution in [1.29, 1.82) is 0 Å². The second kappa shape index (κ2) is 6.59. The summed E-state index contributed by atoms with van der Waals surface area (Å²) in [6.07, 6.45) is 3.49. The highest BCUT2D eigenvalue weighted by Crippen LogP contribution is 2.15. The highest BCUT2D eigenvalue weighted by atomic mass is 16.2. The Labute approximate surface area is 103 Å². The van der Waals surface area contributed by atoms with Crippen LogP contribution >= 0.6 is 0 Å². The van der Waals surface area contributed by atoms with Crippen LogP contribution in [-0.4, -0.2) is 42.0 Å². The van der Waals surface area contributed by atoms with E-state index < -0.39 is 6.03 Å². The Kier molecular flexibility index (Phi) is 5.41. The number of hydrogen-bond donors (Lipinski definition) is 2. The van der Waals surface area contributed by atoms with Crippen molar-refractivity contribution in [3.05, 3.63) is 0 Å². The van der Waals surface area contributed by atoms with Crippen molar-refractivity contribution in [3.63, 3.8) is 0 Å². The molecule has 0 aromatic rings. The molecule has 1 atom stereocenters. The van der Waals surface area contributed by atoms with Gasteiger partial charge in [0.15, 0.2) is 0 Å². The summed E-state index contributed by atoms with van der Waals surface area (Å²) in [6.45, 7) is 7.10. The highest BCUT2D eigenvalue weighted by Gasteiger charge is 2.21. The van der Waals surface area contributed by atoms with Gasteiger partial charge >= 0.3 is 6.03 Å². The first-order valence-corrected chi connectivity index (χ1v) is 6.33. The van der Waals surface area contributed by atoms with E-state index in [1.165, 1.54) is 6.42 Å². The van der Waals surface area contributed by atoms with Crippen LogP contribution in [-0.2, 0) is 4.79 Å². The number of piperidine rings is 1. The van der Waals surface area contributed by atoms with E-state index in [1.54, 1.807) is 0 Å². The third kappa shape index (κ3) is 5.17. The lowest BCUT2D eigenvalue weighted by Gasteiger charge is -2.32. The molecule has 0 bridgehead atoms. The molecule has 1 heterocycles. The predicted octanol–water partition coefficient (Wildman–Crippen LogP) is 1.09. The monoisotopic (exact) mass is 241 g/mol. The molecule has 0 aromatic carbocycles. The molecule has 1 fully saturated rings. The van der Waals surface area contributed by atoms with E-state index in [9.17, 15) is 9.59 Å². The zero-order chi connectivity index (χ0) is 12.8. The molecule has 0 saturated carbocycles. The van der Waals surface area contributed by atoms with Gasteiger partial charge < -0.3 is 5.32 Å². The number of hydrogen-bond acceptors (Lipinski definition) is 3. The van der Waals surface area contributed by atoms with Gasteiger partial charge in [0.1, 0.15) is 0 Å². The largest absolute Gasteiger partial charge is 0.336 e. The normalized spacial score (nSPS) is 21.3. The molecule has 0 spiro atoms. The van der Waals surface area contributed by atoms with Crippen molar-refractivity contribution >= 4 is 11.9 Å². The fraction of sp³-hybridized carbons (Fsp3) is 0.833. The Bertz CT molecular complexity index is 279. The number of likely N-dealkylation sites (tertiary alicyclic amines) is 1. The lowest BCUT2D eigenvalue weighted by molar-refractivity contribution is -0.122. The van der Waals surface area contributed by atoms with Gasteiger partial charge in [0.25, 0.3) is 0 Å². The molecule has 17 heavy (non-hydrogen) atoms. The average molecular weight is 241 g/mol. The molecule has 0 unspecified atom stereocenters. The highest BCUT2D eigenvalue weighted by molar-refractivity contribution is 5.95. The number of imide groups is 1. The third-order valence-electron chi connectivity index (χ3n) is 2.96. The summed E-state index contributed by atoms with van der Waals surface area (Å²) in [5.74, 6) is -0.225. The van der Waals surface area contributed by atoms with Crippen molar-refractivity contribution in [2.75, 3.05) is 13.1 Å². The second-order valence-corrected chi connectivity index (χ2v) is 4.99. The smallest absolute Gasteiger partial charge is 0.321 e. The SMILES string of the molecule is CC(C)NC(=O)NC(=O)CN1CCCC[C@H]1C. The van der Waals surface area contributed by atoms with E-state index in [0.29, 0.717) is 12.6 Å². The van der Waals surface area contributed by atoms with Gasteiger partial charge in [0.05, 0.1) is 6.54 Å². The molecule has 0 aliphatic carbocycles. The van der Waals surface area contributed by atoms with Gasteiger partial charge in [-0.1, -0.05) is 6.42 Å². The molecule has 5 heteroatoms. The minimum absolute atomic E-state index is 0.0386. The van der Waals surface area contributed by atoms with Gasteiger partial charge in [-0.2, -0.15) is 0 Å². The molecule has 98 valence electrons. The predicted molar refractivity (Wildman–Crippen MR) is 66.7 cm³/mol. The van der Waals surface area contributed by atoms with E-state index in [0.717, 1.165) is 19.4 Å². The van der Waals surface area contributed by atoms with E-state index in [1.807, 2.05) is 13.8 Å². The number of carbonyl (C=O) groups excluding carboxylic acids is 2. The molecule has 3 amide bonds. The molecule has 1 rings (SSSR count). The molecule has 2 N–H and O–H groups in total. The van der Waals surface area contributed by atoms with Gasteiger partial charge in [-0.25, -0.2) is 4.79 Å². The Morgan fingerprint density at radius 2 is 2.06 bits per heavy atom. The number of nitrogens with one attached hydrogen (secondary N) is 2. The maximum absolute atomic E-state index is 11.6. The summed E-state index contributed by atoms with van der Waals surface area (Å²) in [6, 6.07) is 0.0639. The standard InChI is InChI=1S/C12H23N3O2/c1-9(2)13-12(17)14-11(16)8-15-7-5-4-6-10(15)3/h9-10H,4-8H2,1-3H3,(H2,13,14,16,17)/t10-/m1/s1. The Morgan fingerprint density at radius 1 is 1.35 bits per heavy atom. The Morgan fingerprint density at radius 3 is 2.65 bits per heavy atom. The molecular formula is C12H23N3O2.